The van der Waals surface area contributed by atoms with Gasteiger partial charge in [-0.1, -0.05) is 11.2 Å². The first-order valence-corrected chi connectivity index (χ1v) is 9.72. The number of hydrogen-bond donors (Lipinski definition) is 2. The van der Waals surface area contributed by atoms with Crippen LogP contribution in [0.5, 0.6) is 5.75 Å². The molecule has 0 saturated carbocycles. The molecule has 32 heavy (non-hydrogen) atoms. The van der Waals surface area contributed by atoms with E-state index >= 15 is 0 Å². The van der Waals surface area contributed by atoms with E-state index in [1.165, 1.54) is 0 Å². The maximum absolute atomic E-state index is 12.6. The van der Waals surface area contributed by atoms with Crippen LogP contribution >= 0.6 is 0 Å². The topological polar surface area (TPSA) is 119 Å². The normalized spacial score (nSPS) is 10.4. The minimum absolute atomic E-state index is 0.168. The third-order valence-corrected chi connectivity index (χ3v) is 4.37. The summed E-state index contributed by atoms with van der Waals surface area (Å²) in [7, 11) is 0. The van der Waals surface area contributed by atoms with E-state index in [1.807, 2.05) is 0 Å². The van der Waals surface area contributed by atoms with E-state index < -0.39 is 0 Å². The summed E-state index contributed by atoms with van der Waals surface area (Å²) in [5, 5.41) is 9.38. The van der Waals surface area contributed by atoms with E-state index in [9.17, 15) is 9.59 Å². The zero-order valence-corrected chi connectivity index (χ0v) is 17.1. The van der Waals surface area contributed by atoms with Gasteiger partial charge < -0.3 is 19.9 Å². The van der Waals surface area contributed by atoms with Gasteiger partial charge in [-0.2, -0.15) is 4.98 Å². The molecule has 9 heteroatoms. The molecule has 0 aliphatic heterocycles. The van der Waals surface area contributed by atoms with Crippen molar-refractivity contribution in [3.63, 3.8) is 0 Å². The Bertz CT molecular complexity index is 1220. The molecule has 160 valence electrons. The summed E-state index contributed by atoms with van der Waals surface area (Å²) < 4.78 is 10.5. The molecule has 9 nitrogen and oxygen atoms in total. The highest BCUT2D eigenvalue weighted by Gasteiger charge is 2.10. The van der Waals surface area contributed by atoms with Gasteiger partial charge in [0.25, 0.3) is 11.8 Å². The van der Waals surface area contributed by atoms with Crippen LogP contribution < -0.4 is 15.4 Å². The number of aromatic nitrogens is 3. The van der Waals surface area contributed by atoms with Gasteiger partial charge in [-0.15, -0.1) is 0 Å². The van der Waals surface area contributed by atoms with E-state index in [0.29, 0.717) is 40.0 Å². The highest BCUT2D eigenvalue weighted by molar-refractivity contribution is 6.06. The highest BCUT2D eigenvalue weighted by Crippen LogP contribution is 2.18. The molecule has 0 saturated heterocycles. The van der Waals surface area contributed by atoms with Crippen molar-refractivity contribution in [3.8, 4) is 5.75 Å². The van der Waals surface area contributed by atoms with Crippen LogP contribution in [0.3, 0.4) is 0 Å². The molecule has 2 N–H and O–H groups in total. The second-order valence-corrected chi connectivity index (χ2v) is 6.77. The Balaban J connectivity index is 1.35. The minimum atomic E-state index is -0.289. The number of amides is 2. The summed E-state index contributed by atoms with van der Waals surface area (Å²) in [4.78, 5) is 32.8. The molecule has 0 aliphatic rings. The van der Waals surface area contributed by atoms with Gasteiger partial charge in [0.2, 0.25) is 11.7 Å². The standard InChI is InChI=1S/C23H19N5O4/c1-15-25-21(28-32-15)14-31-20-7-5-16(6-8-20)22(29)26-18-3-2-4-19(13-18)27-23(30)17-9-11-24-12-10-17/h2-13H,14H2,1H3,(H,26,29)(H,27,30). The van der Waals surface area contributed by atoms with Crippen LogP contribution in [0.1, 0.15) is 32.4 Å². The van der Waals surface area contributed by atoms with Crippen molar-refractivity contribution in [2.45, 2.75) is 13.5 Å². The van der Waals surface area contributed by atoms with Crippen molar-refractivity contribution >= 4 is 23.2 Å². The molecule has 4 rings (SSSR count). The monoisotopic (exact) mass is 429 g/mol. The Morgan fingerprint density at radius 2 is 1.53 bits per heavy atom. The van der Waals surface area contributed by atoms with Crippen LogP contribution in [0, 0.1) is 6.92 Å². The van der Waals surface area contributed by atoms with Gasteiger partial charge >= 0.3 is 0 Å². The fourth-order valence-electron chi connectivity index (χ4n) is 2.83. The molecule has 0 atom stereocenters. The zero-order valence-electron chi connectivity index (χ0n) is 17.1. The Kier molecular flexibility index (Phi) is 6.17. The number of carbonyl (C=O) groups is 2. The lowest BCUT2D eigenvalue weighted by Gasteiger charge is -2.09. The number of rotatable bonds is 7. The van der Waals surface area contributed by atoms with Crippen LogP contribution in [-0.2, 0) is 6.61 Å². The third-order valence-electron chi connectivity index (χ3n) is 4.37. The molecular formula is C23H19N5O4. The van der Waals surface area contributed by atoms with E-state index in [0.717, 1.165) is 0 Å². The number of aryl methyl sites for hydroxylation is 1. The molecule has 2 heterocycles. The Hall–Kier alpha value is -4.53. The molecule has 0 fully saturated rings. The van der Waals surface area contributed by atoms with Crippen LogP contribution in [-0.4, -0.2) is 26.9 Å². The Labute approximate surface area is 183 Å². The van der Waals surface area contributed by atoms with Gasteiger partial charge in [0.05, 0.1) is 0 Å². The first-order valence-electron chi connectivity index (χ1n) is 9.72. The van der Waals surface area contributed by atoms with Crippen LogP contribution in [0.15, 0.2) is 77.6 Å². The SMILES string of the molecule is Cc1nc(COc2ccc(C(=O)Nc3cccc(NC(=O)c4ccncc4)c3)cc2)no1. The lowest BCUT2D eigenvalue weighted by molar-refractivity contribution is 0.101. The Morgan fingerprint density at radius 3 is 2.12 bits per heavy atom. The maximum Gasteiger partial charge on any atom is 0.255 e. The van der Waals surface area contributed by atoms with Gasteiger partial charge in [-0.05, 0) is 54.6 Å². The van der Waals surface area contributed by atoms with Gasteiger partial charge in [0, 0.05) is 41.8 Å². The van der Waals surface area contributed by atoms with Crippen molar-refractivity contribution in [2.24, 2.45) is 0 Å². The van der Waals surface area contributed by atoms with Gasteiger partial charge in [0.15, 0.2) is 6.61 Å². The van der Waals surface area contributed by atoms with Crippen LogP contribution in [0.2, 0.25) is 0 Å². The number of benzene rings is 2. The van der Waals surface area contributed by atoms with E-state index in [2.05, 4.69) is 25.8 Å². The number of anilines is 2. The summed E-state index contributed by atoms with van der Waals surface area (Å²) in [6.07, 6.45) is 3.10. The zero-order chi connectivity index (χ0) is 22.3. The molecule has 0 unspecified atom stereocenters. The van der Waals surface area contributed by atoms with Crippen molar-refractivity contribution < 1.29 is 18.8 Å². The number of ether oxygens (including phenoxy) is 1. The van der Waals surface area contributed by atoms with Crippen LogP contribution in [0.25, 0.3) is 0 Å². The van der Waals surface area contributed by atoms with Crippen LogP contribution in [0.4, 0.5) is 11.4 Å². The average Bonchev–Trinajstić information content (AvgIpc) is 3.24. The molecule has 0 radical (unpaired) electrons. The molecular weight excluding hydrogens is 410 g/mol. The van der Waals surface area contributed by atoms with Crippen molar-refractivity contribution in [2.75, 3.05) is 10.6 Å². The average molecular weight is 429 g/mol. The molecule has 0 bridgehead atoms. The fourth-order valence-corrected chi connectivity index (χ4v) is 2.83. The molecule has 2 aromatic heterocycles. The smallest absolute Gasteiger partial charge is 0.255 e. The largest absolute Gasteiger partial charge is 0.485 e. The molecule has 2 amide bonds. The number of nitrogens with zero attached hydrogens (tertiary/aromatic N) is 3. The first-order chi connectivity index (χ1) is 15.6. The fraction of sp³-hybridized carbons (Fsp3) is 0.0870. The lowest BCUT2D eigenvalue weighted by atomic mass is 10.2. The van der Waals surface area contributed by atoms with E-state index in [-0.39, 0.29) is 18.4 Å². The molecule has 2 aromatic carbocycles. The number of pyridine rings is 1. The minimum Gasteiger partial charge on any atom is -0.485 e. The Morgan fingerprint density at radius 1 is 0.906 bits per heavy atom. The summed E-state index contributed by atoms with van der Waals surface area (Å²) >= 11 is 0. The predicted molar refractivity (Wildman–Crippen MR) is 116 cm³/mol. The summed E-state index contributed by atoms with van der Waals surface area (Å²) in [5.74, 6) is 0.937. The third kappa shape index (κ3) is 5.33. The van der Waals surface area contributed by atoms with Gasteiger partial charge in [-0.3, -0.25) is 14.6 Å². The van der Waals surface area contributed by atoms with Gasteiger partial charge in [0.1, 0.15) is 5.75 Å². The van der Waals surface area contributed by atoms with Crippen molar-refractivity contribution in [1.82, 2.24) is 15.1 Å². The van der Waals surface area contributed by atoms with E-state index in [4.69, 9.17) is 9.26 Å². The number of carbonyl (C=O) groups excluding carboxylic acids is 2. The van der Waals surface area contributed by atoms with Crippen molar-refractivity contribution in [3.05, 3.63) is 95.9 Å². The highest BCUT2D eigenvalue weighted by atomic mass is 16.5. The quantitative estimate of drug-likeness (QED) is 0.458. The summed E-state index contributed by atoms with van der Waals surface area (Å²) in [5.41, 5.74) is 2.06. The van der Waals surface area contributed by atoms with Crippen molar-refractivity contribution in [1.29, 1.82) is 0 Å². The maximum atomic E-state index is 12.6. The lowest BCUT2D eigenvalue weighted by Crippen LogP contribution is -2.14. The van der Waals surface area contributed by atoms with Gasteiger partial charge in [-0.25, -0.2) is 0 Å². The van der Waals surface area contributed by atoms with E-state index in [1.54, 1.807) is 80.0 Å². The predicted octanol–water partition coefficient (Wildman–Crippen LogP) is 3.86. The number of hydrogen-bond acceptors (Lipinski definition) is 7. The number of nitrogens with one attached hydrogen (secondary N) is 2. The summed E-state index contributed by atoms with van der Waals surface area (Å²) in [6, 6.07) is 16.8. The second-order valence-electron chi connectivity index (χ2n) is 6.77. The first kappa shape index (κ1) is 20.7. The second kappa shape index (κ2) is 9.52. The molecule has 0 aliphatic carbocycles. The molecule has 4 aromatic rings. The molecule has 0 spiro atoms. The summed E-state index contributed by atoms with van der Waals surface area (Å²) in [6.45, 7) is 1.87.